The number of pyridine rings is 1. The second-order valence-electron chi connectivity index (χ2n) is 13.7. The zero-order chi connectivity index (χ0) is 33.0. The topological polar surface area (TPSA) is 131 Å². The molecule has 244 valence electrons. The van der Waals surface area contributed by atoms with Gasteiger partial charge in [-0.1, -0.05) is 26.8 Å². The van der Waals surface area contributed by atoms with Crippen LogP contribution in [0.15, 0.2) is 41.5 Å². The minimum atomic E-state index is -2.04. The molecule has 0 spiro atoms. The molecule has 1 aliphatic heterocycles. The number of esters is 1. The summed E-state index contributed by atoms with van der Waals surface area (Å²) in [5.41, 5.74) is 4.20. The molecule has 13 heteroatoms. The average Bonchev–Trinajstić information content (AvgIpc) is 3.68. The van der Waals surface area contributed by atoms with Crippen LogP contribution in [-0.2, 0) is 27.5 Å². The van der Waals surface area contributed by atoms with Gasteiger partial charge < -0.3 is 19.0 Å². The lowest BCUT2D eigenvalue weighted by Gasteiger charge is -2.38. The first-order valence-corrected chi connectivity index (χ1v) is 18.7. The van der Waals surface area contributed by atoms with Crippen molar-refractivity contribution in [2.24, 2.45) is 7.05 Å². The van der Waals surface area contributed by atoms with E-state index in [0.29, 0.717) is 52.2 Å². The van der Waals surface area contributed by atoms with Crippen LogP contribution in [0.25, 0.3) is 44.3 Å². The van der Waals surface area contributed by atoms with Gasteiger partial charge in [-0.3, -0.25) is 14.2 Å². The molecule has 0 saturated carbocycles. The first-order valence-electron chi connectivity index (χ1n) is 15.8. The third-order valence-electron chi connectivity index (χ3n) is 9.35. The number of fused-ring (bicyclic) bond motifs is 2. The Morgan fingerprint density at radius 1 is 1.15 bits per heavy atom. The molecule has 1 saturated heterocycles. The van der Waals surface area contributed by atoms with E-state index in [1.165, 1.54) is 11.8 Å². The fourth-order valence-corrected chi connectivity index (χ4v) is 7.29. The number of aromatic nitrogens is 7. The van der Waals surface area contributed by atoms with E-state index in [2.05, 4.69) is 39.0 Å². The summed E-state index contributed by atoms with van der Waals surface area (Å²) in [6, 6.07) is 7.73. The van der Waals surface area contributed by atoms with Crippen molar-refractivity contribution in [3.8, 4) is 22.4 Å². The maximum Gasteiger partial charge on any atom is 0.356 e. The van der Waals surface area contributed by atoms with Gasteiger partial charge in [0.05, 0.1) is 30.8 Å². The number of nitrogens with one attached hydrogen (secondary N) is 1. The Labute approximate surface area is 268 Å². The molecule has 0 amide bonds. The van der Waals surface area contributed by atoms with Gasteiger partial charge in [-0.2, -0.15) is 10.2 Å². The molecule has 1 aromatic carbocycles. The molecule has 1 fully saturated rings. The van der Waals surface area contributed by atoms with Crippen molar-refractivity contribution in [1.29, 1.82) is 0 Å². The number of hydrogen-bond acceptors (Lipinski definition) is 8. The number of aromatic amines is 1. The fourth-order valence-electron chi connectivity index (χ4n) is 5.85. The van der Waals surface area contributed by atoms with Crippen molar-refractivity contribution in [2.75, 3.05) is 13.7 Å². The Morgan fingerprint density at radius 3 is 2.57 bits per heavy atom. The lowest BCUT2D eigenvalue weighted by molar-refractivity contribution is -0.0368. The van der Waals surface area contributed by atoms with E-state index in [-0.39, 0.29) is 22.9 Å². The first-order chi connectivity index (χ1) is 21.8. The number of methoxy groups -OCH3 is 1. The predicted octanol–water partition coefficient (Wildman–Crippen LogP) is 6.04. The molecule has 4 aromatic heterocycles. The second kappa shape index (κ2) is 11.9. The van der Waals surface area contributed by atoms with Gasteiger partial charge in [0.2, 0.25) is 0 Å². The van der Waals surface area contributed by atoms with E-state index in [9.17, 15) is 9.59 Å². The Balaban J connectivity index is 1.47. The summed E-state index contributed by atoms with van der Waals surface area (Å²) in [6.45, 7) is 14.1. The summed E-state index contributed by atoms with van der Waals surface area (Å²) in [7, 11) is 1.01. The number of nitrogens with zero attached hydrogens (tertiary/aromatic N) is 6. The van der Waals surface area contributed by atoms with E-state index < -0.39 is 14.3 Å². The average molecular weight is 646 g/mol. The highest BCUT2D eigenvalue weighted by atomic mass is 28.4. The highest BCUT2D eigenvalue weighted by Gasteiger charge is 2.38. The molecule has 0 radical (unpaired) electrons. The largest absolute Gasteiger partial charge is 0.464 e. The molecule has 0 aliphatic carbocycles. The van der Waals surface area contributed by atoms with Gasteiger partial charge >= 0.3 is 5.97 Å². The third kappa shape index (κ3) is 5.71. The Hall–Kier alpha value is -4.07. The third-order valence-corrected chi connectivity index (χ3v) is 13.9. The van der Waals surface area contributed by atoms with E-state index >= 15 is 0 Å². The van der Waals surface area contributed by atoms with Crippen LogP contribution >= 0.6 is 0 Å². The summed E-state index contributed by atoms with van der Waals surface area (Å²) in [4.78, 5) is 30.8. The lowest BCUT2D eigenvalue weighted by Crippen LogP contribution is -2.44. The van der Waals surface area contributed by atoms with E-state index in [1.54, 1.807) is 24.1 Å². The van der Waals surface area contributed by atoms with Crippen molar-refractivity contribution >= 4 is 36.2 Å². The summed E-state index contributed by atoms with van der Waals surface area (Å²) >= 11 is 0. The van der Waals surface area contributed by atoms with Crippen LogP contribution < -0.4 is 5.56 Å². The Kier molecular flexibility index (Phi) is 8.28. The standard InChI is InChI=1S/C33H43N7O5Si/c1-20(45-46(7,8)33(2,3)4)19-39-29(32(42)43-6)23-15-21(12-13-26(23)36-39)28-24-16-22(25-18-35-38(5)31(25)41)17-34-30(24)40(37-28)27-11-9-10-14-44-27/h12-13,15-18,20,27,35H,9-11,14,19H2,1-8H3/t20-,27?/m0/s1. The maximum absolute atomic E-state index is 13.2. The molecular weight excluding hydrogens is 602 g/mol. The molecule has 5 aromatic rings. The van der Waals surface area contributed by atoms with Crippen LogP contribution in [0, 0.1) is 0 Å². The quantitative estimate of drug-likeness (QED) is 0.160. The van der Waals surface area contributed by atoms with Gasteiger partial charge in [-0.15, -0.1) is 0 Å². The smallest absolute Gasteiger partial charge is 0.356 e. The summed E-state index contributed by atoms with van der Waals surface area (Å²) in [6.07, 6.45) is 5.83. The van der Waals surface area contributed by atoms with Crippen LogP contribution in [0.4, 0.5) is 0 Å². The molecule has 2 atom stereocenters. The first kappa shape index (κ1) is 31.9. The van der Waals surface area contributed by atoms with Crippen molar-refractivity contribution < 1.29 is 18.7 Å². The molecular formula is C33H43N7O5Si. The van der Waals surface area contributed by atoms with E-state index in [4.69, 9.17) is 29.1 Å². The zero-order valence-corrected chi connectivity index (χ0v) is 28.9. The monoisotopic (exact) mass is 645 g/mol. The maximum atomic E-state index is 13.2. The number of carbonyl (C=O) groups excluding carboxylic acids is 1. The van der Waals surface area contributed by atoms with Crippen molar-refractivity contribution in [3.05, 3.63) is 52.7 Å². The van der Waals surface area contributed by atoms with Crippen LogP contribution in [0.5, 0.6) is 0 Å². The molecule has 6 rings (SSSR count). The van der Waals surface area contributed by atoms with E-state index in [1.807, 2.05) is 35.9 Å². The molecule has 1 aliphatic rings. The molecule has 12 nitrogen and oxygen atoms in total. The van der Waals surface area contributed by atoms with Crippen LogP contribution in [0.1, 0.15) is 63.7 Å². The number of H-pyrrole nitrogens is 1. The van der Waals surface area contributed by atoms with Gasteiger partial charge in [0.25, 0.3) is 5.56 Å². The van der Waals surface area contributed by atoms with Gasteiger partial charge in [0.1, 0.15) is 5.69 Å². The van der Waals surface area contributed by atoms with Crippen molar-refractivity contribution in [2.45, 2.75) is 84.0 Å². The molecule has 46 heavy (non-hydrogen) atoms. The van der Waals surface area contributed by atoms with Crippen LogP contribution in [-0.4, -0.2) is 68.4 Å². The minimum absolute atomic E-state index is 0.0494. The second-order valence-corrected chi connectivity index (χ2v) is 18.5. The van der Waals surface area contributed by atoms with Gasteiger partial charge in [-0.05, 0) is 62.5 Å². The highest BCUT2D eigenvalue weighted by Crippen LogP contribution is 2.38. The number of aryl methyl sites for hydroxylation is 1. The Bertz CT molecular complexity index is 1970. The highest BCUT2D eigenvalue weighted by molar-refractivity contribution is 6.74. The summed E-state index contributed by atoms with van der Waals surface area (Å²) in [5, 5.41) is 14.3. The number of benzene rings is 1. The fraction of sp³-hybridized carbons (Fsp3) is 0.485. The minimum Gasteiger partial charge on any atom is -0.464 e. The molecule has 0 bridgehead atoms. The molecule has 1 unspecified atom stereocenters. The van der Waals surface area contributed by atoms with Crippen molar-refractivity contribution in [3.63, 3.8) is 0 Å². The number of carbonyl (C=O) groups is 1. The predicted molar refractivity (Wildman–Crippen MR) is 179 cm³/mol. The van der Waals surface area contributed by atoms with Crippen molar-refractivity contribution in [1.82, 2.24) is 34.3 Å². The zero-order valence-electron chi connectivity index (χ0n) is 27.9. The summed E-state index contributed by atoms with van der Waals surface area (Å²) in [5.74, 6) is -0.475. The SMILES string of the molecule is COC(=O)c1c2cc(-c3nn(C4CCCCO4)c4ncc(-c5c[nH]n(C)c5=O)cc34)ccc2nn1C[C@H](C)O[Si](C)(C)C(C)(C)C. The lowest BCUT2D eigenvalue weighted by atomic mass is 10.0. The normalized spacial score (nSPS) is 16.7. The number of ether oxygens (including phenoxy) is 2. The Morgan fingerprint density at radius 2 is 1.91 bits per heavy atom. The number of hydrogen-bond donors (Lipinski definition) is 1. The van der Waals surface area contributed by atoms with Gasteiger partial charge in [0.15, 0.2) is 25.9 Å². The molecule has 5 heterocycles. The van der Waals surface area contributed by atoms with Gasteiger partial charge in [-0.25, -0.2) is 14.5 Å². The number of rotatable bonds is 8. The summed E-state index contributed by atoms with van der Waals surface area (Å²) < 4.78 is 22.9. The molecule has 1 N–H and O–H groups in total. The van der Waals surface area contributed by atoms with Crippen LogP contribution in [0.2, 0.25) is 18.1 Å². The van der Waals surface area contributed by atoms with Gasteiger partial charge in [0, 0.05) is 47.9 Å². The van der Waals surface area contributed by atoms with E-state index in [0.717, 1.165) is 30.2 Å². The van der Waals surface area contributed by atoms with Crippen LogP contribution in [0.3, 0.4) is 0 Å².